The Hall–Kier alpha value is -6.72. The molecular weight excluding hydrogens is 1170 g/mol. The molecule has 1 fully saturated rings. The number of aromatic hydroxyl groups is 1. The number of benzene rings is 1. The van der Waals surface area contributed by atoms with Gasteiger partial charge in [0.25, 0.3) is 5.91 Å². The van der Waals surface area contributed by atoms with Crippen molar-refractivity contribution in [3.63, 3.8) is 0 Å². The zero-order valence-electron chi connectivity index (χ0n) is 54.1. The first-order valence-corrected chi connectivity index (χ1v) is 31.9. The van der Waals surface area contributed by atoms with Gasteiger partial charge in [0.2, 0.25) is 35.4 Å². The number of ether oxygens (including phenoxy) is 6. The Balaban J connectivity index is 1.44. The number of phenols is 1. The Kier molecular flexibility index (Phi) is 35.7. The lowest BCUT2D eigenvalue weighted by atomic mass is 9.92. The first-order valence-electron chi connectivity index (χ1n) is 31.1. The third kappa shape index (κ3) is 30.6. The van der Waals surface area contributed by atoms with Gasteiger partial charge in [-0.3, -0.25) is 43.9 Å². The number of nitrogens with one attached hydrogen (secondary N) is 8. The Labute approximate surface area is 528 Å². The summed E-state index contributed by atoms with van der Waals surface area (Å²) in [5.74, 6) is -3.70. The molecule has 0 aliphatic carbocycles. The maximum atomic E-state index is 14.8. The average molecular weight is 1280 g/mol. The lowest BCUT2D eigenvalue weighted by Gasteiger charge is -2.40. The van der Waals surface area contributed by atoms with E-state index in [1.54, 1.807) is 45.2 Å². The van der Waals surface area contributed by atoms with Gasteiger partial charge in [0.15, 0.2) is 0 Å². The van der Waals surface area contributed by atoms with Gasteiger partial charge in [-0.1, -0.05) is 73.4 Å². The van der Waals surface area contributed by atoms with Crippen LogP contribution in [-0.4, -0.2) is 202 Å². The van der Waals surface area contributed by atoms with Gasteiger partial charge in [-0.25, -0.2) is 20.0 Å². The fourth-order valence-electron chi connectivity index (χ4n) is 9.40. The summed E-state index contributed by atoms with van der Waals surface area (Å²) in [4.78, 5) is 125. The molecule has 1 aliphatic heterocycles. The van der Waals surface area contributed by atoms with Crippen LogP contribution in [0.1, 0.15) is 148 Å². The van der Waals surface area contributed by atoms with Crippen molar-refractivity contribution in [3.05, 3.63) is 45.9 Å². The van der Waals surface area contributed by atoms with E-state index in [1.165, 1.54) is 23.5 Å². The Morgan fingerprint density at radius 1 is 0.742 bits per heavy atom. The number of carbonyl (C=O) groups excluding carboxylic acids is 9. The van der Waals surface area contributed by atoms with Gasteiger partial charge in [-0.05, 0) is 102 Å². The van der Waals surface area contributed by atoms with Gasteiger partial charge in [-0.15, -0.1) is 11.3 Å². The fourth-order valence-corrected chi connectivity index (χ4v) is 10.3. The summed E-state index contributed by atoms with van der Waals surface area (Å²) >= 11 is 1.29. The SMILES string of the molecule is CCCO[C@H](C[C@H](C(C)C)N(CCC)C(=O)[C@@H](NC(=O)[C@H]1CCCCN1C)[C@@H](C)CC)c1nc(C(=O)N[C@@H](Cc2ccc(O)cc2)C[C@H](C)C(=O)NNC(=O)OCCOCCOCCOCCNC(=O)CNC(=O)CNC(=O)CNC(=O)OC(C)(C)C)cs1. The van der Waals surface area contributed by atoms with Gasteiger partial charge in [-0.2, -0.15) is 0 Å². The van der Waals surface area contributed by atoms with Crippen molar-refractivity contribution in [2.45, 2.75) is 163 Å². The van der Waals surface area contributed by atoms with Crippen LogP contribution in [0.25, 0.3) is 0 Å². The van der Waals surface area contributed by atoms with Crippen LogP contribution in [0.3, 0.4) is 0 Å². The Morgan fingerprint density at radius 3 is 1.96 bits per heavy atom. The molecule has 3 rings (SSSR count). The molecule has 0 bridgehead atoms. The van der Waals surface area contributed by atoms with Crippen molar-refractivity contribution in [1.29, 1.82) is 0 Å². The summed E-state index contributed by atoms with van der Waals surface area (Å²) in [7, 11) is 1.96. The highest BCUT2D eigenvalue weighted by molar-refractivity contribution is 7.09. The third-order valence-electron chi connectivity index (χ3n) is 14.4. The molecule has 1 saturated heterocycles. The smallest absolute Gasteiger partial charge is 0.426 e. The molecule has 9 amide bonds. The van der Waals surface area contributed by atoms with Gasteiger partial charge >= 0.3 is 12.2 Å². The van der Waals surface area contributed by atoms with Crippen molar-refractivity contribution < 1.29 is 76.7 Å². The molecule has 0 unspecified atom stereocenters. The highest BCUT2D eigenvalue weighted by Gasteiger charge is 2.38. The number of hydrogen-bond donors (Lipinski definition) is 9. The quantitative estimate of drug-likeness (QED) is 0.0336. The number of alkyl carbamates (subject to hydrolysis) is 1. The molecular formula is C61H101N11O16S. The summed E-state index contributed by atoms with van der Waals surface area (Å²) < 4.78 is 33.0. The van der Waals surface area contributed by atoms with Crippen LogP contribution in [0, 0.1) is 17.8 Å². The average Bonchev–Trinajstić information content (AvgIpc) is 3.87. The van der Waals surface area contributed by atoms with Gasteiger partial charge in [0.1, 0.15) is 47.3 Å². The zero-order chi connectivity index (χ0) is 65.9. The number of carbonyl (C=O) groups is 9. The fraction of sp³-hybridized carbons (Fsp3) is 0.705. The number of rotatable bonds is 40. The lowest BCUT2D eigenvalue weighted by molar-refractivity contribution is -0.143. The van der Waals surface area contributed by atoms with Gasteiger partial charge < -0.3 is 70.3 Å². The lowest BCUT2D eigenvalue weighted by Crippen LogP contribution is -2.58. The number of aromatic nitrogens is 1. The van der Waals surface area contributed by atoms with Crippen LogP contribution in [0.5, 0.6) is 5.75 Å². The predicted octanol–water partition coefficient (Wildman–Crippen LogP) is 4.03. The van der Waals surface area contributed by atoms with Crippen LogP contribution in [0.4, 0.5) is 9.59 Å². The van der Waals surface area contributed by atoms with Crippen LogP contribution in [0.15, 0.2) is 29.6 Å². The van der Waals surface area contributed by atoms with E-state index in [1.807, 2.05) is 39.6 Å². The van der Waals surface area contributed by atoms with Crippen molar-refractivity contribution >= 4 is 64.9 Å². The molecule has 7 atom stereocenters. The number of hydrazine groups is 1. The summed E-state index contributed by atoms with van der Waals surface area (Å²) in [6.45, 7) is 20.7. The standard InChI is InChI=1S/C61H101N11O16S/c1-12-23-72(58(80)53(41(6)14-3)68-56(79)47-17-15-16-24-71(47)11)48(40(4)5)35-49(86-25-13-2)57-67-46(39-89-57)55(78)66-44(34-43-18-20-45(73)21-19-43)33-42(7)54(77)69-70-60(82)87-32-31-85-30-29-84-28-27-83-26-22-62-50(74)36-63-51(75)37-64-52(76)38-65-59(81)88-61(8,9)10/h18-21,39-42,44,47-49,53,73H,12-17,22-38H2,1-11H3,(H,62,74)(H,63,75)(H,64,76)(H,65,81)(H,66,78)(H,68,79)(H,69,77)(H,70,82)/t41-,42-,44+,47+,48+,49+,53-/m0/s1. The minimum Gasteiger partial charge on any atom is -0.508 e. The van der Waals surface area contributed by atoms with Crippen LogP contribution >= 0.6 is 11.3 Å². The molecule has 0 spiro atoms. The minimum absolute atomic E-state index is 0.00280. The van der Waals surface area contributed by atoms with E-state index in [0.29, 0.717) is 43.8 Å². The topological polar surface area (TPSA) is 345 Å². The number of likely N-dealkylation sites (N-methyl/N-ethyl adjacent to an activating group) is 1. The maximum absolute atomic E-state index is 14.8. The van der Waals surface area contributed by atoms with Gasteiger partial charge in [0.05, 0.1) is 58.8 Å². The van der Waals surface area contributed by atoms with E-state index in [-0.39, 0.29) is 119 Å². The Morgan fingerprint density at radius 2 is 1.36 bits per heavy atom. The highest BCUT2D eigenvalue weighted by Crippen LogP contribution is 2.32. The number of likely N-dealkylation sites (tertiary alicyclic amines) is 1. The first kappa shape index (κ1) is 76.5. The van der Waals surface area contributed by atoms with E-state index in [2.05, 4.69) is 61.5 Å². The first-order chi connectivity index (χ1) is 42.3. The van der Waals surface area contributed by atoms with E-state index in [0.717, 1.165) is 37.8 Å². The van der Waals surface area contributed by atoms with Crippen LogP contribution in [0.2, 0.25) is 0 Å². The molecule has 2 heterocycles. The van der Waals surface area contributed by atoms with Crippen LogP contribution in [-0.2, 0) is 63.6 Å². The third-order valence-corrected chi connectivity index (χ3v) is 15.3. The highest BCUT2D eigenvalue weighted by atomic mass is 32.1. The van der Waals surface area contributed by atoms with E-state index in [9.17, 15) is 48.3 Å². The molecule has 28 heteroatoms. The second-order valence-electron chi connectivity index (χ2n) is 23.4. The molecule has 502 valence electrons. The Bertz CT molecular complexity index is 2500. The summed E-state index contributed by atoms with van der Waals surface area (Å²) in [6, 6.07) is 4.64. The molecule has 1 aliphatic rings. The van der Waals surface area contributed by atoms with E-state index < -0.39 is 78.0 Å². The minimum atomic E-state index is -0.919. The largest absolute Gasteiger partial charge is 0.508 e. The van der Waals surface area contributed by atoms with Crippen molar-refractivity contribution in [1.82, 2.24) is 57.5 Å². The predicted molar refractivity (Wildman–Crippen MR) is 333 cm³/mol. The molecule has 1 aromatic carbocycles. The molecule has 2 aromatic rings. The molecule has 27 nitrogen and oxygen atoms in total. The van der Waals surface area contributed by atoms with Gasteiger partial charge in [0, 0.05) is 49.5 Å². The monoisotopic (exact) mass is 1280 g/mol. The normalized spacial score (nSPS) is 15.4. The van der Waals surface area contributed by atoms with Crippen LogP contribution < -0.4 is 42.8 Å². The number of piperidine rings is 1. The molecule has 0 radical (unpaired) electrons. The van der Waals surface area contributed by atoms with Crippen molar-refractivity contribution in [3.8, 4) is 5.75 Å². The number of nitrogens with zero attached hydrogens (tertiary/aromatic N) is 3. The molecule has 9 N–H and O–H groups in total. The number of hydrogen-bond acceptors (Lipinski definition) is 19. The van der Waals surface area contributed by atoms with E-state index in [4.69, 9.17) is 33.4 Å². The number of phenolic OH excluding ortho intramolecular Hbond substituents is 1. The van der Waals surface area contributed by atoms with Crippen molar-refractivity contribution in [2.24, 2.45) is 17.8 Å². The number of thiazole rings is 1. The second-order valence-corrected chi connectivity index (χ2v) is 24.3. The summed E-state index contributed by atoms with van der Waals surface area (Å²) in [5, 5.41) is 28.0. The molecule has 0 saturated carbocycles. The maximum Gasteiger partial charge on any atom is 0.426 e. The summed E-state index contributed by atoms with van der Waals surface area (Å²) in [5.41, 5.74) is 4.83. The zero-order valence-corrected chi connectivity index (χ0v) is 54.9. The summed E-state index contributed by atoms with van der Waals surface area (Å²) in [6.07, 6.45) is 3.47. The van der Waals surface area contributed by atoms with E-state index >= 15 is 0 Å². The second kappa shape index (κ2) is 41.6. The molecule has 1 aromatic heterocycles. The number of amides is 9. The van der Waals surface area contributed by atoms with Crippen molar-refractivity contribution in [2.75, 3.05) is 99.2 Å². The molecule has 89 heavy (non-hydrogen) atoms.